The molecule has 1 saturated heterocycles. The van der Waals surface area contributed by atoms with Crippen molar-refractivity contribution in [2.75, 3.05) is 13.2 Å². The van der Waals surface area contributed by atoms with Crippen LogP contribution in [0, 0.1) is 0 Å². The van der Waals surface area contributed by atoms with Crippen LogP contribution in [0.2, 0.25) is 10.0 Å². The molecule has 0 aliphatic carbocycles. The normalized spacial score (nSPS) is 18.0. The summed E-state index contributed by atoms with van der Waals surface area (Å²) in [6.07, 6.45) is 1.83. The fraction of sp³-hybridized carbons (Fsp3) is 0.385. The van der Waals surface area contributed by atoms with Gasteiger partial charge >= 0.3 is 5.97 Å². The van der Waals surface area contributed by atoms with E-state index in [-0.39, 0.29) is 27.3 Å². The number of halogens is 2. The molecule has 0 aromatic heterocycles. The summed E-state index contributed by atoms with van der Waals surface area (Å²) in [4.78, 5) is 23.2. The minimum Gasteiger partial charge on any atom is -0.478 e. The van der Waals surface area contributed by atoms with Gasteiger partial charge in [0, 0.05) is 13.2 Å². The zero-order valence-corrected chi connectivity index (χ0v) is 12.0. The predicted molar refractivity (Wildman–Crippen MR) is 74.7 cm³/mol. The van der Waals surface area contributed by atoms with Crippen LogP contribution in [-0.2, 0) is 4.74 Å². The van der Waals surface area contributed by atoms with Gasteiger partial charge in [-0.05, 0) is 25.0 Å². The van der Waals surface area contributed by atoms with Crippen LogP contribution in [-0.4, -0.2) is 36.2 Å². The minimum absolute atomic E-state index is 0.00935. The number of rotatable bonds is 4. The molecule has 0 spiro atoms. The summed E-state index contributed by atoms with van der Waals surface area (Å²) in [5.74, 6) is -1.73. The lowest BCUT2D eigenvalue weighted by Gasteiger charge is -2.12. The molecule has 0 unspecified atom stereocenters. The standard InChI is InChI=1S/C13H13Cl2NO4/c14-10-4-8(9(13(18)19)5-11(10)15)12(17)16-6-7-2-1-3-20-7/h4-5,7H,1-3,6H2,(H,16,17)(H,18,19)/t7-/m1/s1. The topological polar surface area (TPSA) is 75.6 Å². The van der Waals surface area contributed by atoms with Crippen LogP contribution >= 0.6 is 23.2 Å². The summed E-state index contributed by atoms with van der Waals surface area (Å²) in [5, 5.41) is 12.0. The summed E-state index contributed by atoms with van der Waals surface area (Å²) < 4.78 is 5.38. The Morgan fingerprint density at radius 3 is 2.50 bits per heavy atom. The molecule has 1 aliphatic heterocycles. The number of carboxylic acids is 1. The lowest BCUT2D eigenvalue weighted by Crippen LogP contribution is -2.32. The van der Waals surface area contributed by atoms with E-state index in [2.05, 4.69) is 5.32 Å². The Hall–Kier alpha value is -1.30. The van der Waals surface area contributed by atoms with Crippen LogP contribution in [0.25, 0.3) is 0 Å². The highest BCUT2D eigenvalue weighted by Gasteiger charge is 2.21. The Labute approximate surface area is 125 Å². The molecule has 0 saturated carbocycles. The quantitative estimate of drug-likeness (QED) is 0.895. The molecule has 1 fully saturated rings. The Morgan fingerprint density at radius 1 is 1.30 bits per heavy atom. The number of hydrogen-bond acceptors (Lipinski definition) is 3. The molecular formula is C13H13Cl2NO4. The molecule has 0 bridgehead atoms. The van der Waals surface area contributed by atoms with Crippen molar-refractivity contribution in [2.24, 2.45) is 0 Å². The average Bonchev–Trinajstić information content (AvgIpc) is 2.91. The molecule has 2 N–H and O–H groups in total. The van der Waals surface area contributed by atoms with Gasteiger partial charge in [-0.25, -0.2) is 4.79 Å². The van der Waals surface area contributed by atoms with Gasteiger partial charge in [0.15, 0.2) is 0 Å². The lowest BCUT2D eigenvalue weighted by molar-refractivity contribution is 0.0689. The number of benzene rings is 1. The summed E-state index contributed by atoms with van der Waals surface area (Å²) >= 11 is 11.6. The van der Waals surface area contributed by atoms with E-state index in [0.717, 1.165) is 12.8 Å². The van der Waals surface area contributed by atoms with Gasteiger partial charge in [0.1, 0.15) is 0 Å². The van der Waals surface area contributed by atoms with Crippen LogP contribution in [0.3, 0.4) is 0 Å². The molecule has 1 aliphatic rings. The van der Waals surface area contributed by atoms with E-state index in [1.54, 1.807) is 0 Å². The molecular weight excluding hydrogens is 305 g/mol. The second kappa shape index (κ2) is 6.43. The van der Waals surface area contributed by atoms with Crippen LogP contribution in [0.1, 0.15) is 33.6 Å². The van der Waals surface area contributed by atoms with Gasteiger partial charge in [0.25, 0.3) is 5.91 Å². The third kappa shape index (κ3) is 3.42. The summed E-state index contributed by atoms with van der Waals surface area (Å²) in [7, 11) is 0. The highest BCUT2D eigenvalue weighted by molar-refractivity contribution is 6.42. The first-order chi connectivity index (χ1) is 9.49. The van der Waals surface area contributed by atoms with Crippen molar-refractivity contribution in [3.63, 3.8) is 0 Å². The van der Waals surface area contributed by atoms with Crippen molar-refractivity contribution in [1.82, 2.24) is 5.32 Å². The highest BCUT2D eigenvalue weighted by atomic mass is 35.5. The van der Waals surface area contributed by atoms with Gasteiger partial charge in [0.2, 0.25) is 0 Å². The Bertz CT molecular complexity index is 541. The van der Waals surface area contributed by atoms with Crippen molar-refractivity contribution >= 4 is 35.1 Å². The average molecular weight is 318 g/mol. The molecule has 7 heteroatoms. The predicted octanol–water partition coefficient (Wildman–Crippen LogP) is 2.60. The van der Waals surface area contributed by atoms with E-state index in [0.29, 0.717) is 13.2 Å². The van der Waals surface area contributed by atoms with E-state index in [4.69, 9.17) is 33.0 Å². The first-order valence-electron chi connectivity index (χ1n) is 6.11. The molecule has 1 heterocycles. The molecule has 2 rings (SSSR count). The maximum Gasteiger partial charge on any atom is 0.336 e. The second-order valence-electron chi connectivity index (χ2n) is 4.46. The van der Waals surface area contributed by atoms with Crippen LogP contribution in [0.4, 0.5) is 0 Å². The number of nitrogens with one attached hydrogen (secondary N) is 1. The molecule has 1 amide bonds. The largest absolute Gasteiger partial charge is 0.478 e. The molecule has 0 radical (unpaired) electrons. The third-order valence-corrected chi connectivity index (χ3v) is 3.77. The van der Waals surface area contributed by atoms with Crippen LogP contribution < -0.4 is 5.32 Å². The van der Waals surface area contributed by atoms with Crippen molar-refractivity contribution in [2.45, 2.75) is 18.9 Å². The Kier molecular flexibility index (Phi) is 4.86. The molecule has 108 valence electrons. The second-order valence-corrected chi connectivity index (χ2v) is 5.28. The molecule has 5 nitrogen and oxygen atoms in total. The first kappa shape index (κ1) is 15.1. The zero-order valence-electron chi connectivity index (χ0n) is 10.5. The van der Waals surface area contributed by atoms with Gasteiger partial charge < -0.3 is 15.2 Å². The van der Waals surface area contributed by atoms with Gasteiger partial charge in [-0.1, -0.05) is 23.2 Å². The molecule has 1 atom stereocenters. The number of carbonyl (C=O) groups is 2. The first-order valence-corrected chi connectivity index (χ1v) is 6.86. The smallest absolute Gasteiger partial charge is 0.336 e. The SMILES string of the molecule is O=C(O)c1cc(Cl)c(Cl)cc1C(=O)NC[C@H]1CCCO1. The number of amides is 1. The number of ether oxygens (including phenoxy) is 1. The van der Waals surface area contributed by atoms with Gasteiger partial charge in [-0.2, -0.15) is 0 Å². The summed E-state index contributed by atoms with van der Waals surface area (Å²) in [5.41, 5.74) is -0.186. The van der Waals surface area contributed by atoms with Gasteiger partial charge in [-0.15, -0.1) is 0 Å². The third-order valence-electron chi connectivity index (χ3n) is 3.05. The maximum atomic E-state index is 12.1. The maximum absolute atomic E-state index is 12.1. The van der Waals surface area contributed by atoms with Crippen LogP contribution in [0.15, 0.2) is 12.1 Å². The van der Waals surface area contributed by atoms with Gasteiger partial charge in [-0.3, -0.25) is 4.79 Å². The lowest BCUT2D eigenvalue weighted by atomic mass is 10.1. The Balaban J connectivity index is 2.15. The zero-order chi connectivity index (χ0) is 14.7. The molecule has 1 aromatic rings. The fourth-order valence-electron chi connectivity index (χ4n) is 2.02. The van der Waals surface area contributed by atoms with Crippen molar-refractivity contribution in [3.8, 4) is 0 Å². The highest BCUT2D eigenvalue weighted by Crippen LogP contribution is 2.26. The molecule has 20 heavy (non-hydrogen) atoms. The van der Waals surface area contributed by atoms with E-state index in [9.17, 15) is 9.59 Å². The molecule has 1 aromatic carbocycles. The van der Waals surface area contributed by atoms with Crippen molar-refractivity contribution in [3.05, 3.63) is 33.3 Å². The van der Waals surface area contributed by atoms with Crippen LogP contribution in [0.5, 0.6) is 0 Å². The monoisotopic (exact) mass is 317 g/mol. The summed E-state index contributed by atoms with van der Waals surface area (Å²) in [6, 6.07) is 2.44. The minimum atomic E-state index is -1.23. The van der Waals surface area contributed by atoms with E-state index in [1.807, 2.05) is 0 Å². The van der Waals surface area contributed by atoms with Crippen molar-refractivity contribution < 1.29 is 19.4 Å². The fourth-order valence-corrected chi connectivity index (χ4v) is 2.35. The summed E-state index contributed by atoms with van der Waals surface area (Å²) in [6.45, 7) is 1.03. The Morgan fingerprint density at radius 2 is 1.95 bits per heavy atom. The number of carbonyl (C=O) groups excluding carboxylic acids is 1. The van der Waals surface area contributed by atoms with E-state index >= 15 is 0 Å². The van der Waals surface area contributed by atoms with E-state index < -0.39 is 11.9 Å². The van der Waals surface area contributed by atoms with Crippen molar-refractivity contribution in [1.29, 1.82) is 0 Å². The van der Waals surface area contributed by atoms with E-state index in [1.165, 1.54) is 12.1 Å². The number of hydrogen-bond donors (Lipinski definition) is 2. The number of aromatic carboxylic acids is 1. The van der Waals surface area contributed by atoms with Gasteiger partial charge in [0.05, 0.1) is 27.3 Å². The number of carboxylic acid groups (broad SMARTS) is 1.